The molecule has 6 nitrogen and oxygen atoms in total. The average molecular weight is 333 g/mol. The standard InChI is InChI=1S/C18H27N3O3/c1-20(2)17(22)12-14-8-10-21(11-9-14)18(23)19-16-6-4-15(5-7-16)13-24-3/h4-7,14H,8-13H2,1-3H3,(H,19,23). The average Bonchev–Trinajstić information content (AvgIpc) is 2.57. The molecule has 24 heavy (non-hydrogen) atoms. The lowest BCUT2D eigenvalue weighted by Crippen LogP contribution is -2.41. The third-order valence-corrected chi connectivity index (χ3v) is 4.38. The molecule has 1 aliphatic heterocycles. The van der Waals surface area contributed by atoms with E-state index in [0.717, 1.165) is 24.1 Å². The number of methoxy groups -OCH3 is 1. The van der Waals surface area contributed by atoms with Crippen molar-refractivity contribution in [3.05, 3.63) is 29.8 Å². The van der Waals surface area contributed by atoms with Crippen LogP contribution in [0.2, 0.25) is 0 Å². The van der Waals surface area contributed by atoms with Crippen molar-refractivity contribution in [3.8, 4) is 0 Å². The van der Waals surface area contributed by atoms with Gasteiger partial charge in [0.05, 0.1) is 6.61 Å². The number of likely N-dealkylation sites (tertiary alicyclic amines) is 1. The van der Waals surface area contributed by atoms with Crippen LogP contribution in [-0.4, -0.2) is 56.0 Å². The van der Waals surface area contributed by atoms with E-state index >= 15 is 0 Å². The number of rotatable bonds is 5. The van der Waals surface area contributed by atoms with Crippen LogP contribution in [0.3, 0.4) is 0 Å². The SMILES string of the molecule is COCc1ccc(NC(=O)N2CCC(CC(=O)N(C)C)CC2)cc1. The number of hydrogen-bond acceptors (Lipinski definition) is 3. The van der Waals surface area contributed by atoms with Gasteiger partial charge >= 0.3 is 6.03 Å². The van der Waals surface area contributed by atoms with Gasteiger partial charge in [0, 0.05) is 46.4 Å². The van der Waals surface area contributed by atoms with Crippen LogP contribution in [-0.2, 0) is 16.1 Å². The molecule has 0 bridgehead atoms. The molecule has 0 aromatic heterocycles. The molecule has 1 fully saturated rings. The summed E-state index contributed by atoms with van der Waals surface area (Å²) in [4.78, 5) is 27.5. The van der Waals surface area contributed by atoms with Crippen LogP contribution in [0.4, 0.5) is 10.5 Å². The Bertz CT molecular complexity index is 549. The van der Waals surface area contributed by atoms with Gasteiger partial charge in [-0.15, -0.1) is 0 Å². The maximum Gasteiger partial charge on any atom is 0.321 e. The van der Waals surface area contributed by atoms with Crippen LogP contribution in [0.15, 0.2) is 24.3 Å². The molecule has 0 spiro atoms. The molecule has 0 saturated carbocycles. The van der Waals surface area contributed by atoms with Crippen molar-refractivity contribution in [2.45, 2.75) is 25.9 Å². The molecule has 0 unspecified atom stereocenters. The summed E-state index contributed by atoms with van der Waals surface area (Å²) in [7, 11) is 5.22. The fraction of sp³-hybridized carbons (Fsp3) is 0.556. The molecular weight excluding hydrogens is 306 g/mol. The van der Waals surface area contributed by atoms with E-state index in [1.54, 1.807) is 26.1 Å². The number of urea groups is 1. The highest BCUT2D eigenvalue weighted by Crippen LogP contribution is 2.22. The summed E-state index contributed by atoms with van der Waals surface area (Å²) < 4.78 is 5.07. The number of anilines is 1. The highest BCUT2D eigenvalue weighted by molar-refractivity contribution is 5.89. The predicted molar refractivity (Wildman–Crippen MR) is 93.8 cm³/mol. The molecule has 132 valence electrons. The van der Waals surface area contributed by atoms with Crippen molar-refractivity contribution < 1.29 is 14.3 Å². The molecule has 1 N–H and O–H groups in total. The smallest absolute Gasteiger partial charge is 0.321 e. The van der Waals surface area contributed by atoms with Crippen molar-refractivity contribution in [1.29, 1.82) is 0 Å². The summed E-state index contributed by atoms with van der Waals surface area (Å²) in [6, 6.07) is 7.58. The fourth-order valence-electron chi connectivity index (χ4n) is 2.82. The monoisotopic (exact) mass is 333 g/mol. The molecule has 0 radical (unpaired) electrons. The molecule has 1 aliphatic rings. The Labute approximate surface area is 143 Å². The molecule has 6 heteroatoms. The topological polar surface area (TPSA) is 61.9 Å². The van der Waals surface area contributed by atoms with Gasteiger partial charge in [-0.3, -0.25) is 4.79 Å². The number of benzene rings is 1. The summed E-state index contributed by atoms with van der Waals surface area (Å²) in [5.41, 5.74) is 1.85. The zero-order valence-corrected chi connectivity index (χ0v) is 14.7. The lowest BCUT2D eigenvalue weighted by molar-refractivity contribution is -0.129. The summed E-state index contributed by atoms with van der Waals surface area (Å²) in [6.07, 6.45) is 2.32. The second kappa shape index (κ2) is 8.68. The van der Waals surface area contributed by atoms with E-state index in [2.05, 4.69) is 5.32 Å². The van der Waals surface area contributed by atoms with Gasteiger partial charge in [-0.1, -0.05) is 12.1 Å². The summed E-state index contributed by atoms with van der Waals surface area (Å²) in [5, 5.41) is 2.93. The van der Waals surface area contributed by atoms with Gasteiger partial charge < -0.3 is 19.9 Å². The number of piperidine rings is 1. The molecule has 0 aliphatic carbocycles. The number of carbonyl (C=O) groups excluding carboxylic acids is 2. The van der Waals surface area contributed by atoms with E-state index in [0.29, 0.717) is 32.0 Å². The molecule has 0 atom stereocenters. The minimum Gasteiger partial charge on any atom is -0.380 e. The first-order chi connectivity index (χ1) is 11.5. The number of carbonyl (C=O) groups is 2. The molecule has 1 aromatic carbocycles. The highest BCUT2D eigenvalue weighted by Gasteiger charge is 2.24. The second-order valence-corrected chi connectivity index (χ2v) is 6.48. The predicted octanol–water partition coefficient (Wildman–Crippen LogP) is 2.56. The van der Waals surface area contributed by atoms with E-state index in [9.17, 15) is 9.59 Å². The zero-order chi connectivity index (χ0) is 17.5. The van der Waals surface area contributed by atoms with E-state index < -0.39 is 0 Å². The minimum atomic E-state index is -0.0770. The van der Waals surface area contributed by atoms with Crippen molar-refractivity contribution in [3.63, 3.8) is 0 Å². The lowest BCUT2D eigenvalue weighted by atomic mass is 9.93. The first-order valence-corrected chi connectivity index (χ1v) is 8.33. The summed E-state index contributed by atoms with van der Waals surface area (Å²) in [6.45, 7) is 1.95. The van der Waals surface area contributed by atoms with Gasteiger partial charge in [-0.05, 0) is 36.5 Å². The third kappa shape index (κ3) is 5.23. The van der Waals surface area contributed by atoms with Gasteiger partial charge in [-0.25, -0.2) is 4.79 Å². The first-order valence-electron chi connectivity index (χ1n) is 8.33. The fourth-order valence-corrected chi connectivity index (χ4v) is 2.82. The molecule has 1 aromatic rings. The lowest BCUT2D eigenvalue weighted by Gasteiger charge is -2.32. The zero-order valence-electron chi connectivity index (χ0n) is 14.7. The van der Waals surface area contributed by atoms with Crippen molar-refractivity contribution in [1.82, 2.24) is 9.80 Å². The Morgan fingerprint density at radius 2 is 1.83 bits per heavy atom. The Morgan fingerprint density at radius 3 is 2.38 bits per heavy atom. The molecule has 3 amide bonds. The van der Waals surface area contributed by atoms with E-state index in [1.165, 1.54) is 0 Å². The third-order valence-electron chi connectivity index (χ3n) is 4.38. The van der Waals surface area contributed by atoms with Gasteiger partial charge in [-0.2, -0.15) is 0 Å². The van der Waals surface area contributed by atoms with Crippen LogP contribution in [0, 0.1) is 5.92 Å². The molecule has 1 heterocycles. The molecule has 2 rings (SSSR count). The number of nitrogens with one attached hydrogen (secondary N) is 1. The van der Waals surface area contributed by atoms with Crippen LogP contribution in [0.1, 0.15) is 24.8 Å². The van der Waals surface area contributed by atoms with Crippen LogP contribution >= 0.6 is 0 Å². The summed E-state index contributed by atoms with van der Waals surface area (Å²) >= 11 is 0. The van der Waals surface area contributed by atoms with Crippen molar-refractivity contribution in [2.75, 3.05) is 39.6 Å². The maximum absolute atomic E-state index is 12.3. The Morgan fingerprint density at radius 1 is 1.21 bits per heavy atom. The van der Waals surface area contributed by atoms with Crippen LogP contribution in [0.25, 0.3) is 0 Å². The quantitative estimate of drug-likeness (QED) is 0.901. The largest absolute Gasteiger partial charge is 0.380 e. The van der Waals surface area contributed by atoms with E-state index in [-0.39, 0.29) is 11.9 Å². The number of ether oxygens (including phenoxy) is 1. The minimum absolute atomic E-state index is 0.0770. The van der Waals surface area contributed by atoms with Crippen molar-refractivity contribution >= 4 is 17.6 Å². The van der Waals surface area contributed by atoms with E-state index in [1.807, 2.05) is 29.2 Å². The van der Waals surface area contributed by atoms with Gasteiger partial charge in [0.25, 0.3) is 0 Å². The number of hydrogen-bond donors (Lipinski definition) is 1. The number of nitrogens with zero attached hydrogens (tertiary/aromatic N) is 2. The summed E-state index contributed by atoms with van der Waals surface area (Å²) in [5.74, 6) is 0.534. The van der Waals surface area contributed by atoms with E-state index in [4.69, 9.17) is 4.74 Å². The normalized spacial score (nSPS) is 15.2. The Balaban J connectivity index is 1.79. The molecule has 1 saturated heterocycles. The van der Waals surface area contributed by atoms with Crippen LogP contribution in [0.5, 0.6) is 0 Å². The van der Waals surface area contributed by atoms with Gasteiger partial charge in [0.15, 0.2) is 0 Å². The Kier molecular flexibility index (Phi) is 6.61. The van der Waals surface area contributed by atoms with Crippen LogP contribution < -0.4 is 5.32 Å². The maximum atomic E-state index is 12.3. The molecular formula is C18H27N3O3. The van der Waals surface area contributed by atoms with Gasteiger partial charge in [0.2, 0.25) is 5.91 Å². The van der Waals surface area contributed by atoms with Crippen molar-refractivity contribution in [2.24, 2.45) is 5.92 Å². The second-order valence-electron chi connectivity index (χ2n) is 6.48. The number of amides is 3. The first kappa shape index (κ1) is 18.3. The van der Waals surface area contributed by atoms with Gasteiger partial charge in [0.1, 0.15) is 0 Å². The highest BCUT2D eigenvalue weighted by atomic mass is 16.5. The Hall–Kier alpha value is -2.08.